The molecule has 6 nitrogen and oxygen atoms in total. The van der Waals surface area contributed by atoms with E-state index in [-0.39, 0.29) is 10.8 Å². The summed E-state index contributed by atoms with van der Waals surface area (Å²) >= 11 is 0. The number of sulfonamides is 1. The lowest BCUT2D eigenvalue weighted by Gasteiger charge is -2.25. The van der Waals surface area contributed by atoms with Gasteiger partial charge >= 0.3 is 0 Å². The molecule has 0 bridgehead atoms. The minimum atomic E-state index is -3.59. The molecule has 1 aliphatic rings. The van der Waals surface area contributed by atoms with Crippen molar-refractivity contribution in [2.45, 2.75) is 24.2 Å². The van der Waals surface area contributed by atoms with Gasteiger partial charge in [0.25, 0.3) is 5.91 Å². The monoisotopic (exact) mass is 423 g/mol. The number of hydrogen-bond donors (Lipinski definition) is 1. The van der Waals surface area contributed by atoms with Gasteiger partial charge in [-0.3, -0.25) is 4.79 Å². The van der Waals surface area contributed by atoms with Gasteiger partial charge < -0.3 is 9.88 Å². The third kappa shape index (κ3) is 4.04. The van der Waals surface area contributed by atoms with Crippen molar-refractivity contribution in [2.75, 3.05) is 18.4 Å². The number of piperidine rings is 1. The average molecular weight is 424 g/mol. The minimum Gasteiger partial charge on any atom is -0.345 e. The van der Waals surface area contributed by atoms with Gasteiger partial charge in [-0.05, 0) is 30.5 Å². The number of nitrogens with zero attached hydrogens (tertiary/aromatic N) is 2. The molecule has 156 valence electrons. The second-order valence-corrected chi connectivity index (χ2v) is 9.44. The number of hydrogen-bond acceptors (Lipinski definition) is 3. The van der Waals surface area contributed by atoms with Crippen molar-refractivity contribution in [3.8, 4) is 11.1 Å². The molecular formula is C23H25N3O3S. The molecule has 4 rings (SSSR count). The number of aryl methyl sites for hydroxylation is 1. The third-order valence-electron chi connectivity index (χ3n) is 5.43. The Bertz CT molecular complexity index is 1150. The Balaban J connectivity index is 1.60. The predicted molar refractivity (Wildman–Crippen MR) is 118 cm³/mol. The van der Waals surface area contributed by atoms with Crippen LogP contribution in [0.2, 0.25) is 0 Å². The van der Waals surface area contributed by atoms with Crippen molar-refractivity contribution >= 4 is 21.6 Å². The maximum atomic E-state index is 13.0. The van der Waals surface area contributed by atoms with Crippen molar-refractivity contribution < 1.29 is 13.2 Å². The smallest absolute Gasteiger partial charge is 0.272 e. The fraction of sp³-hybridized carbons (Fsp3) is 0.261. The van der Waals surface area contributed by atoms with Gasteiger partial charge in [0.1, 0.15) is 10.6 Å². The van der Waals surface area contributed by atoms with Crippen molar-refractivity contribution in [1.29, 1.82) is 0 Å². The topological polar surface area (TPSA) is 71.4 Å². The van der Waals surface area contributed by atoms with Crippen LogP contribution in [0.3, 0.4) is 0 Å². The first-order valence-electron chi connectivity index (χ1n) is 10.1. The summed E-state index contributed by atoms with van der Waals surface area (Å²) in [5, 5.41) is 2.94. The van der Waals surface area contributed by atoms with E-state index < -0.39 is 10.0 Å². The number of rotatable bonds is 5. The maximum Gasteiger partial charge on any atom is 0.272 e. The molecule has 1 fully saturated rings. The summed E-state index contributed by atoms with van der Waals surface area (Å²) in [6.07, 6.45) is 4.31. The molecule has 0 unspecified atom stereocenters. The van der Waals surface area contributed by atoms with Crippen LogP contribution in [0.1, 0.15) is 29.8 Å². The molecule has 7 heteroatoms. The number of carbonyl (C=O) groups excluding carboxylic acids is 1. The highest BCUT2D eigenvalue weighted by Crippen LogP contribution is 2.28. The molecule has 1 saturated heterocycles. The molecule has 2 heterocycles. The third-order valence-corrected chi connectivity index (χ3v) is 7.29. The highest BCUT2D eigenvalue weighted by atomic mass is 32.2. The van der Waals surface area contributed by atoms with E-state index in [0.29, 0.717) is 24.5 Å². The Labute approximate surface area is 177 Å². The molecule has 1 aliphatic heterocycles. The van der Waals surface area contributed by atoms with Gasteiger partial charge in [-0.2, -0.15) is 4.31 Å². The van der Waals surface area contributed by atoms with Crippen molar-refractivity contribution in [1.82, 2.24) is 8.87 Å². The summed E-state index contributed by atoms with van der Waals surface area (Å²) < 4.78 is 29.0. The summed E-state index contributed by atoms with van der Waals surface area (Å²) in [7, 11) is -1.90. The highest BCUT2D eigenvalue weighted by molar-refractivity contribution is 7.89. The Hall–Kier alpha value is -2.90. The minimum absolute atomic E-state index is 0.161. The van der Waals surface area contributed by atoms with Gasteiger partial charge in [-0.15, -0.1) is 0 Å². The van der Waals surface area contributed by atoms with E-state index in [1.807, 2.05) is 54.6 Å². The van der Waals surface area contributed by atoms with Crippen molar-refractivity contribution in [3.63, 3.8) is 0 Å². The zero-order chi connectivity index (χ0) is 21.1. The molecule has 0 atom stereocenters. The summed E-state index contributed by atoms with van der Waals surface area (Å²) in [4.78, 5) is 13.2. The Kier molecular flexibility index (Phi) is 5.74. The zero-order valence-corrected chi connectivity index (χ0v) is 17.7. The fourth-order valence-corrected chi connectivity index (χ4v) is 5.39. The summed E-state index contributed by atoms with van der Waals surface area (Å²) in [5.41, 5.74) is 2.87. The number of nitrogens with one attached hydrogen (secondary N) is 1. The largest absolute Gasteiger partial charge is 0.345 e. The van der Waals surface area contributed by atoms with E-state index in [1.165, 1.54) is 16.6 Å². The molecule has 0 radical (unpaired) electrons. The van der Waals surface area contributed by atoms with Crippen LogP contribution < -0.4 is 5.32 Å². The first-order chi connectivity index (χ1) is 14.5. The predicted octanol–water partition coefficient (Wildman–Crippen LogP) is 4.12. The number of aromatic nitrogens is 1. The molecule has 1 amide bonds. The average Bonchev–Trinajstić information content (AvgIpc) is 3.18. The van der Waals surface area contributed by atoms with Gasteiger partial charge in [0.2, 0.25) is 10.0 Å². The lowest BCUT2D eigenvalue weighted by molar-refractivity contribution is 0.101. The molecule has 0 spiro atoms. The zero-order valence-electron chi connectivity index (χ0n) is 16.9. The van der Waals surface area contributed by atoms with E-state index in [9.17, 15) is 13.2 Å². The Morgan fingerprint density at radius 3 is 2.33 bits per heavy atom. The fourth-order valence-electron chi connectivity index (χ4n) is 3.80. The molecule has 0 saturated carbocycles. The maximum absolute atomic E-state index is 13.0. The first kappa shape index (κ1) is 20.4. The van der Waals surface area contributed by atoms with Crippen LogP contribution in [0.15, 0.2) is 71.8 Å². The summed E-state index contributed by atoms with van der Waals surface area (Å²) in [6.45, 7) is 1.06. The Morgan fingerprint density at radius 1 is 0.933 bits per heavy atom. The second-order valence-electron chi connectivity index (χ2n) is 7.50. The van der Waals surface area contributed by atoms with E-state index in [2.05, 4.69) is 5.32 Å². The van der Waals surface area contributed by atoms with Gasteiger partial charge in [0, 0.05) is 37.6 Å². The van der Waals surface area contributed by atoms with Crippen molar-refractivity contribution in [2.24, 2.45) is 7.05 Å². The molecule has 1 N–H and O–H groups in total. The van der Waals surface area contributed by atoms with Gasteiger partial charge in [-0.25, -0.2) is 8.42 Å². The highest BCUT2D eigenvalue weighted by Gasteiger charge is 2.28. The van der Waals surface area contributed by atoms with E-state index >= 15 is 0 Å². The molecular weight excluding hydrogens is 398 g/mol. The van der Waals surface area contributed by atoms with Crippen LogP contribution in [0.25, 0.3) is 11.1 Å². The molecule has 2 aromatic carbocycles. The van der Waals surface area contributed by atoms with Crippen LogP contribution in [-0.2, 0) is 17.1 Å². The molecule has 1 aromatic heterocycles. The number of amides is 1. The van der Waals surface area contributed by atoms with Crippen LogP contribution in [0.4, 0.5) is 5.69 Å². The number of benzene rings is 2. The number of carbonyl (C=O) groups is 1. The van der Waals surface area contributed by atoms with Gasteiger partial charge in [-0.1, -0.05) is 55.0 Å². The molecule has 3 aromatic rings. The normalized spacial score (nSPS) is 15.1. The van der Waals surface area contributed by atoms with E-state index in [1.54, 1.807) is 11.6 Å². The van der Waals surface area contributed by atoms with Crippen LogP contribution in [0.5, 0.6) is 0 Å². The van der Waals surface area contributed by atoms with Crippen LogP contribution in [0, 0.1) is 0 Å². The van der Waals surface area contributed by atoms with Crippen molar-refractivity contribution in [3.05, 3.63) is 72.6 Å². The summed E-state index contributed by atoms with van der Waals surface area (Å²) in [5.74, 6) is -0.346. The quantitative estimate of drug-likeness (QED) is 0.671. The van der Waals surface area contributed by atoms with Crippen LogP contribution in [-0.4, -0.2) is 36.3 Å². The number of anilines is 1. The molecule has 30 heavy (non-hydrogen) atoms. The Morgan fingerprint density at radius 2 is 1.60 bits per heavy atom. The lowest BCUT2D eigenvalue weighted by atomic mass is 10.0. The van der Waals surface area contributed by atoms with Gasteiger partial charge in [0.05, 0.1) is 0 Å². The van der Waals surface area contributed by atoms with E-state index in [0.717, 1.165) is 30.4 Å². The standard InChI is InChI=1S/C23H25N3O3S/c1-25-17-19(30(28,29)26-14-8-3-9-15-26)16-22(25)23(27)24-21-13-7-6-12-20(21)18-10-4-2-5-11-18/h2,4-7,10-13,16-17H,3,8-9,14-15H2,1H3,(H,24,27). The summed E-state index contributed by atoms with van der Waals surface area (Å²) in [6, 6.07) is 18.8. The van der Waals surface area contributed by atoms with E-state index in [4.69, 9.17) is 0 Å². The lowest BCUT2D eigenvalue weighted by Crippen LogP contribution is -2.35. The number of para-hydroxylation sites is 1. The first-order valence-corrected chi connectivity index (χ1v) is 11.5. The SMILES string of the molecule is Cn1cc(S(=O)(=O)N2CCCCC2)cc1C(=O)Nc1ccccc1-c1ccccc1. The van der Waals surface area contributed by atoms with Crippen LogP contribution >= 0.6 is 0 Å². The second kappa shape index (κ2) is 8.45. The molecule has 0 aliphatic carbocycles. The van der Waals surface area contributed by atoms with Gasteiger partial charge in [0.15, 0.2) is 0 Å².